The van der Waals surface area contributed by atoms with Gasteiger partial charge in [0, 0.05) is 30.3 Å². The lowest BCUT2D eigenvalue weighted by Crippen LogP contribution is -2.33. The van der Waals surface area contributed by atoms with Crippen molar-refractivity contribution in [2.45, 2.75) is 31.8 Å². The average molecular weight is 227 g/mol. The third kappa shape index (κ3) is 1.87. The number of benzene rings is 1. The van der Waals surface area contributed by atoms with E-state index in [1.165, 1.54) is 11.4 Å². The Morgan fingerprint density at radius 3 is 2.82 bits per heavy atom. The molecule has 2 heterocycles. The minimum atomic E-state index is 0.260. The molecule has 2 unspecified atom stereocenters. The molecule has 3 heteroatoms. The highest BCUT2D eigenvalue weighted by molar-refractivity contribution is 5.58. The molecule has 0 fully saturated rings. The van der Waals surface area contributed by atoms with Crippen LogP contribution in [0.15, 0.2) is 36.5 Å². The first-order valence-corrected chi connectivity index (χ1v) is 6.12. The molecule has 0 saturated carbocycles. The summed E-state index contributed by atoms with van der Waals surface area (Å²) in [7, 11) is 0. The van der Waals surface area contributed by atoms with Crippen molar-refractivity contribution in [2.24, 2.45) is 5.73 Å². The van der Waals surface area contributed by atoms with Gasteiger partial charge in [-0.05, 0) is 6.42 Å². The summed E-state index contributed by atoms with van der Waals surface area (Å²) in [6, 6.07) is 10.6. The van der Waals surface area contributed by atoms with Gasteiger partial charge in [0.25, 0.3) is 0 Å². The molecule has 0 bridgehead atoms. The zero-order valence-corrected chi connectivity index (χ0v) is 10.0. The van der Waals surface area contributed by atoms with E-state index < -0.39 is 0 Å². The van der Waals surface area contributed by atoms with E-state index in [1.54, 1.807) is 0 Å². The lowest BCUT2D eigenvalue weighted by molar-refractivity contribution is 0.407. The predicted molar refractivity (Wildman–Crippen MR) is 68.7 cm³/mol. The maximum Gasteiger partial charge on any atom is 0.112 e. The lowest BCUT2D eigenvalue weighted by Gasteiger charge is -2.25. The molecule has 2 N–H and O–H groups in total. The third-order valence-corrected chi connectivity index (χ3v) is 3.41. The second-order valence-corrected chi connectivity index (χ2v) is 4.90. The molecule has 1 aromatic carbocycles. The molecule has 0 saturated heterocycles. The highest BCUT2D eigenvalue weighted by atomic mass is 15.1. The van der Waals surface area contributed by atoms with E-state index in [4.69, 9.17) is 10.7 Å². The predicted octanol–water partition coefficient (Wildman–Crippen LogP) is 2.38. The van der Waals surface area contributed by atoms with Gasteiger partial charge in [-0.15, -0.1) is 0 Å². The maximum absolute atomic E-state index is 6.04. The molecule has 0 spiro atoms. The monoisotopic (exact) mass is 227 g/mol. The fraction of sp³-hybridized carbons (Fsp3) is 0.357. The molecule has 1 aromatic heterocycles. The fourth-order valence-corrected chi connectivity index (χ4v) is 2.60. The van der Waals surface area contributed by atoms with Gasteiger partial charge in [0.15, 0.2) is 0 Å². The minimum Gasteiger partial charge on any atom is -0.332 e. The van der Waals surface area contributed by atoms with E-state index in [-0.39, 0.29) is 6.04 Å². The van der Waals surface area contributed by atoms with Crippen molar-refractivity contribution < 1.29 is 0 Å². The van der Waals surface area contributed by atoms with Gasteiger partial charge in [0.1, 0.15) is 5.82 Å². The van der Waals surface area contributed by atoms with Crippen LogP contribution in [-0.4, -0.2) is 15.6 Å². The van der Waals surface area contributed by atoms with Gasteiger partial charge in [-0.25, -0.2) is 4.98 Å². The molecular formula is C14H17N3. The fourth-order valence-electron chi connectivity index (χ4n) is 2.60. The summed E-state index contributed by atoms with van der Waals surface area (Å²) in [5.74, 6) is 1.63. The molecule has 3 rings (SSSR count). The van der Waals surface area contributed by atoms with Crippen LogP contribution in [0.1, 0.15) is 25.1 Å². The van der Waals surface area contributed by atoms with E-state index in [9.17, 15) is 0 Å². The van der Waals surface area contributed by atoms with Crippen molar-refractivity contribution in [1.82, 2.24) is 9.55 Å². The quantitative estimate of drug-likeness (QED) is 0.813. The minimum absolute atomic E-state index is 0.260. The summed E-state index contributed by atoms with van der Waals surface area (Å²) < 4.78 is 2.21. The van der Waals surface area contributed by atoms with Crippen molar-refractivity contribution in [3.63, 3.8) is 0 Å². The Kier molecular flexibility index (Phi) is 2.48. The van der Waals surface area contributed by atoms with E-state index in [1.807, 2.05) is 18.2 Å². The first-order chi connectivity index (χ1) is 8.24. The van der Waals surface area contributed by atoms with Crippen LogP contribution in [0.25, 0.3) is 11.3 Å². The van der Waals surface area contributed by atoms with Crippen molar-refractivity contribution in [2.75, 3.05) is 0 Å². The SMILES string of the molecule is CC1CC(N)Cn2cc(-c3ccccc3)nc21. The number of hydrogen-bond donors (Lipinski definition) is 1. The highest BCUT2D eigenvalue weighted by Crippen LogP contribution is 2.28. The molecule has 1 aliphatic rings. The Labute approximate surface area is 101 Å². The Morgan fingerprint density at radius 2 is 2.06 bits per heavy atom. The van der Waals surface area contributed by atoms with Crippen LogP contribution < -0.4 is 5.73 Å². The van der Waals surface area contributed by atoms with E-state index in [0.717, 1.165) is 18.7 Å². The van der Waals surface area contributed by atoms with Gasteiger partial charge < -0.3 is 10.3 Å². The Hall–Kier alpha value is -1.61. The van der Waals surface area contributed by atoms with Crippen LogP contribution in [0.5, 0.6) is 0 Å². The standard InChI is InChI=1S/C14H17N3/c1-10-7-12(15)8-17-9-13(16-14(10)17)11-5-3-2-4-6-11/h2-6,9-10,12H,7-8,15H2,1H3. The Bertz CT molecular complexity index is 516. The number of fused-ring (bicyclic) bond motifs is 1. The number of rotatable bonds is 1. The van der Waals surface area contributed by atoms with Crippen LogP contribution in [-0.2, 0) is 6.54 Å². The van der Waals surface area contributed by atoms with Crippen LogP contribution >= 0.6 is 0 Å². The zero-order valence-electron chi connectivity index (χ0n) is 10.0. The number of hydrogen-bond acceptors (Lipinski definition) is 2. The van der Waals surface area contributed by atoms with Crippen LogP contribution in [0, 0.1) is 0 Å². The van der Waals surface area contributed by atoms with Gasteiger partial charge in [0.2, 0.25) is 0 Å². The van der Waals surface area contributed by atoms with E-state index >= 15 is 0 Å². The molecule has 17 heavy (non-hydrogen) atoms. The Morgan fingerprint density at radius 1 is 1.29 bits per heavy atom. The van der Waals surface area contributed by atoms with Crippen molar-refractivity contribution in [3.8, 4) is 11.3 Å². The molecule has 0 radical (unpaired) electrons. The first-order valence-electron chi connectivity index (χ1n) is 6.12. The van der Waals surface area contributed by atoms with Gasteiger partial charge in [-0.1, -0.05) is 37.3 Å². The Balaban J connectivity index is 2.03. The lowest BCUT2D eigenvalue weighted by atomic mass is 9.98. The van der Waals surface area contributed by atoms with Gasteiger partial charge >= 0.3 is 0 Å². The van der Waals surface area contributed by atoms with Gasteiger partial charge in [-0.3, -0.25) is 0 Å². The summed E-state index contributed by atoms with van der Waals surface area (Å²) in [4.78, 5) is 4.74. The summed E-state index contributed by atoms with van der Waals surface area (Å²) in [6.07, 6.45) is 3.16. The molecular weight excluding hydrogens is 210 g/mol. The number of nitrogens with two attached hydrogens (primary N) is 1. The van der Waals surface area contributed by atoms with Crippen LogP contribution in [0.2, 0.25) is 0 Å². The molecule has 1 aliphatic heterocycles. The van der Waals surface area contributed by atoms with Crippen molar-refractivity contribution in [1.29, 1.82) is 0 Å². The largest absolute Gasteiger partial charge is 0.332 e. The van der Waals surface area contributed by atoms with E-state index in [0.29, 0.717) is 5.92 Å². The van der Waals surface area contributed by atoms with Gasteiger partial charge in [-0.2, -0.15) is 0 Å². The first kappa shape index (κ1) is 10.5. The molecule has 3 nitrogen and oxygen atoms in total. The van der Waals surface area contributed by atoms with Crippen LogP contribution in [0.4, 0.5) is 0 Å². The summed E-state index contributed by atoms with van der Waals surface area (Å²) >= 11 is 0. The van der Waals surface area contributed by atoms with Crippen molar-refractivity contribution in [3.05, 3.63) is 42.4 Å². The summed E-state index contributed by atoms with van der Waals surface area (Å²) in [6.45, 7) is 3.09. The van der Waals surface area contributed by atoms with E-state index in [2.05, 4.69) is 29.8 Å². The molecule has 88 valence electrons. The second-order valence-electron chi connectivity index (χ2n) is 4.90. The second kappa shape index (κ2) is 4.00. The number of imidazole rings is 1. The number of aromatic nitrogens is 2. The third-order valence-electron chi connectivity index (χ3n) is 3.41. The summed E-state index contributed by atoms with van der Waals surface area (Å²) in [5.41, 5.74) is 8.27. The zero-order chi connectivity index (χ0) is 11.8. The number of nitrogens with zero attached hydrogens (tertiary/aromatic N) is 2. The maximum atomic E-state index is 6.04. The molecule has 2 aromatic rings. The molecule has 0 aliphatic carbocycles. The molecule has 0 amide bonds. The van der Waals surface area contributed by atoms with Crippen LogP contribution in [0.3, 0.4) is 0 Å². The normalized spacial score (nSPS) is 23.4. The highest BCUT2D eigenvalue weighted by Gasteiger charge is 2.24. The average Bonchev–Trinajstić information content (AvgIpc) is 2.74. The van der Waals surface area contributed by atoms with Crippen molar-refractivity contribution >= 4 is 0 Å². The molecule has 2 atom stereocenters. The van der Waals surface area contributed by atoms with Gasteiger partial charge in [0.05, 0.1) is 5.69 Å². The topological polar surface area (TPSA) is 43.8 Å². The summed E-state index contributed by atoms with van der Waals surface area (Å²) in [5, 5.41) is 0. The smallest absolute Gasteiger partial charge is 0.112 e.